The highest BCUT2D eigenvalue weighted by Gasteiger charge is 2.49. The first-order valence-electron chi connectivity index (χ1n) is 3.66. The third-order valence-electron chi connectivity index (χ3n) is 2.39. The van der Waals surface area contributed by atoms with Crippen molar-refractivity contribution in [1.82, 2.24) is 0 Å². The van der Waals surface area contributed by atoms with E-state index < -0.39 is 0 Å². The Bertz CT molecular complexity index is 283. The van der Waals surface area contributed by atoms with Crippen LogP contribution in [0.1, 0.15) is 18.2 Å². The Morgan fingerprint density at radius 3 is 2.82 bits per heavy atom. The predicted molar refractivity (Wildman–Crippen MR) is 51.7 cm³/mol. The normalized spacial score (nSPS) is 35.7. The van der Waals surface area contributed by atoms with Crippen molar-refractivity contribution in [1.29, 1.82) is 0 Å². The molecule has 2 rings (SSSR count). The van der Waals surface area contributed by atoms with Crippen molar-refractivity contribution in [3.05, 3.63) is 20.8 Å². The summed E-state index contributed by atoms with van der Waals surface area (Å²) in [6, 6.07) is 2.13. The van der Waals surface area contributed by atoms with Crippen LogP contribution in [0.15, 0.2) is 15.9 Å². The summed E-state index contributed by atoms with van der Waals surface area (Å²) in [5.74, 6) is 0.660. The molecule has 1 aromatic rings. The SMILES string of the molecule is CC1CC1(N)c1cc(Br)cs1. The minimum absolute atomic E-state index is 0.0106. The molecule has 0 bridgehead atoms. The summed E-state index contributed by atoms with van der Waals surface area (Å²) in [5.41, 5.74) is 6.12. The molecule has 1 fully saturated rings. The van der Waals surface area contributed by atoms with E-state index >= 15 is 0 Å². The zero-order valence-electron chi connectivity index (χ0n) is 6.30. The Kier molecular flexibility index (Phi) is 1.63. The van der Waals surface area contributed by atoms with Crippen LogP contribution in [0.2, 0.25) is 0 Å². The molecule has 60 valence electrons. The Labute approximate surface area is 78.7 Å². The van der Waals surface area contributed by atoms with E-state index in [-0.39, 0.29) is 5.54 Å². The maximum atomic E-state index is 6.11. The average Bonchev–Trinajstić information content (AvgIpc) is 2.44. The largest absolute Gasteiger partial charge is 0.321 e. The van der Waals surface area contributed by atoms with Crippen molar-refractivity contribution in [2.45, 2.75) is 18.9 Å². The van der Waals surface area contributed by atoms with Gasteiger partial charge in [0.15, 0.2) is 0 Å². The summed E-state index contributed by atoms with van der Waals surface area (Å²) in [4.78, 5) is 1.32. The van der Waals surface area contributed by atoms with E-state index in [1.807, 2.05) is 0 Å². The van der Waals surface area contributed by atoms with Gasteiger partial charge in [0.25, 0.3) is 0 Å². The summed E-state index contributed by atoms with van der Waals surface area (Å²) in [5, 5.41) is 2.09. The van der Waals surface area contributed by atoms with Crippen molar-refractivity contribution < 1.29 is 0 Å². The average molecular weight is 232 g/mol. The fraction of sp³-hybridized carbons (Fsp3) is 0.500. The van der Waals surface area contributed by atoms with E-state index in [9.17, 15) is 0 Å². The van der Waals surface area contributed by atoms with E-state index in [0.717, 1.165) is 10.9 Å². The molecule has 1 aromatic heterocycles. The molecule has 11 heavy (non-hydrogen) atoms. The summed E-state index contributed by atoms with van der Waals surface area (Å²) < 4.78 is 1.15. The standard InChI is InChI=1S/C8H10BrNS/c1-5-3-8(5,10)7-2-6(9)4-11-7/h2,4-5H,3,10H2,1H3. The minimum atomic E-state index is 0.0106. The molecule has 2 atom stereocenters. The van der Waals surface area contributed by atoms with Crippen LogP contribution < -0.4 is 5.73 Å². The molecule has 0 saturated heterocycles. The molecular formula is C8H10BrNS. The Balaban J connectivity index is 2.31. The summed E-state index contributed by atoms with van der Waals surface area (Å²) >= 11 is 5.18. The van der Waals surface area contributed by atoms with Crippen LogP contribution in [0.4, 0.5) is 0 Å². The monoisotopic (exact) mass is 231 g/mol. The molecular weight excluding hydrogens is 222 g/mol. The Morgan fingerprint density at radius 2 is 2.45 bits per heavy atom. The van der Waals surface area contributed by atoms with Gasteiger partial charge in [-0.05, 0) is 34.3 Å². The number of hydrogen-bond acceptors (Lipinski definition) is 2. The molecule has 3 heteroatoms. The molecule has 1 heterocycles. The lowest BCUT2D eigenvalue weighted by molar-refractivity contribution is 0.679. The van der Waals surface area contributed by atoms with E-state index in [0.29, 0.717) is 5.92 Å². The van der Waals surface area contributed by atoms with Gasteiger partial charge in [-0.1, -0.05) is 6.92 Å². The predicted octanol–water partition coefficient (Wildman–Crippen LogP) is 2.70. The lowest BCUT2D eigenvalue weighted by Gasteiger charge is -2.05. The maximum Gasteiger partial charge on any atom is 0.0534 e. The first kappa shape index (κ1) is 7.77. The van der Waals surface area contributed by atoms with Crippen LogP contribution >= 0.6 is 27.3 Å². The number of hydrogen-bond donors (Lipinski definition) is 1. The molecule has 1 aliphatic carbocycles. The zero-order valence-corrected chi connectivity index (χ0v) is 8.71. The van der Waals surface area contributed by atoms with Gasteiger partial charge in [0.2, 0.25) is 0 Å². The van der Waals surface area contributed by atoms with Gasteiger partial charge in [0.1, 0.15) is 0 Å². The maximum absolute atomic E-state index is 6.11. The highest BCUT2D eigenvalue weighted by molar-refractivity contribution is 9.10. The summed E-state index contributed by atoms with van der Waals surface area (Å²) in [6.45, 7) is 2.20. The molecule has 0 aliphatic heterocycles. The van der Waals surface area contributed by atoms with Crippen molar-refractivity contribution in [2.24, 2.45) is 11.7 Å². The molecule has 1 aliphatic rings. The highest BCUT2D eigenvalue weighted by Crippen LogP contribution is 2.51. The van der Waals surface area contributed by atoms with Crippen LogP contribution in [0.25, 0.3) is 0 Å². The van der Waals surface area contributed by atoms with Crippen LogP contribution in [0.5, 0.6) is 0 Å². The fourth-order valence-corrected chi connectivity index (χ4v) is 3.02. The van der Waals surface area contributed by atoms with Crippen LogP contribution in [0, 0.1) is 5.92 Å². The second kappa shape index (κ2) is 2.31. The van der Waals surface area contributed by atoms with Gasteiger partial charge in [-0.15, -0.1) is 11.3 Å². The van der Waals surface area contributed by atoms with E-state index in [2.05, 4.69) is 34.3 Å². The summed E-state index contributed by atoms with van der Waals surface area (Å²) in [6.07, 6.45) is 1.14. The topological polar surface area (TPSA) is 26.0 Å². The molecule has 1 nitrogen and oxygen atoms in total. The highest BCUT2D eigenvalue weighted by atomic mass is 79.9. The summed E-state index contributed by atoms with van der Waals surface area (Å²) in [7, 11) is 0. The van der Waals surface area contributed by atoms with Gasteiger partial charge in [0, 0.05) is 14.7 Å². The third-order valence-corrected chi connectivity index (χ3v) is 4.27. The Hall–Kier alpha value is 0.140. The Morgan fingerprint density at radius 1 is 1.82 bits per heavy atom. The number of thiophene rings is 1. The van der Waals surface area contributed by atoms with Crippen molar-refractivity contribution in [3.63, 3.8) is 0 Å². The second-order valence-electron chi connectivity index (χ2n) is 3.27. The van der Waals surface area contributed by atoms with E-state index in [1.54, 1.807) is 11.3 Å². The second-order valence-corrected chi connectivity index (χ2v) is 5.10. The van der Waals surface area contributed by atoms with Crippen molar-refractivity contribution in [3.8, 4) is 0 Å². The van der Waals surface area contributed by atoms with Crippen molar-refractivity contribution >= 4 is 27.3 Å². The third kappa shape index (κ3) is 1.15. The van der Waals surface area contributed by atoms with Gasteiger partial charge >= 0.3 is 0 Å². The number of nitrogens with two attached hydrogens (primary N) is 1. The van der Waals surface area contributed by atoms with E-state index in [1.165, 1.54) is 4.88 Å². The van der Waals surface area contributed by atoms with Gasteiger partial charge in [-0.3, -0.25) is 0 Å². The first-order valence-corrected chi connectivity index (χ1v) is 5.33. The smallest absolute Gasteiger partial charge is 0.0534 e. The van der Waals surface area contributed by atoms with Crippen molar-refractivity contribution in [2.75, 3.05) is 0 Å². The van der Waals surface area contributed by atoms with Gasteiger partial charge in [0.05, 0.1) is 5.54 Å². The van der Waals surface area contributed by atoms with Crippen LogP contribution in [0.3, 0.4) is 0 Å². The molecule has 0 aromatic carbocycles. The van der Waals surface area contributed by atoms with E-state index in [4.69, 9.17) is 5.73 Å². The zero-order chi connectivity index (χ0) is 8.06. The van der Waals surface area contributed by atoms with Gasteiger partial charge in [-0.2, -0.15) is 0 Å². The van der Waals surface area contributed by atoms with Crippen LogP contribution in [-0.2, 0) is 5.54 Å². The molecule has 0 radical (unpaired) electrons. The van der Waals surface area contributed by atoms with Gasteiger partial charge < -0.3 is 5.73 Å². The van der Waals surface area contributed by atoms with Crippen LogP contribution in [-0.4, -0.2) is 0 Å². The number of rotatable bonds is 1. The lowest BCUT2D eigenvalue weighted by atomic mass is 10.2. The molecule has 1 saturated carbocycles. The molecule has 0 amide bonds. The lowest BCUT2D eigenvalue weighted by Crippen LogP contribution is -2.19. The van der Waals surface area contributed by atoms with Gasteiger partial charge in [-0.25, -0.2) is 0 Å². The number of halogens is 1. The molecule has 0 spiro atoms. The quantitative estimate of drug-likeness (QED) is 0.791. The minimum Gasteiger partial charge on any atom is -0.321 e. The molecule has 2 N–H and O–H groups in total. The molecule has 2 unspecified atom stereocenters. The first-order chi connectivity index (χ1) is 5.13. The fourth-order valence-electron chi connectivity index (χ4n) is 1.35.